The minimum Gasteiger partial charge on any atom is -0.388 e. The number of aliphatic hydroxyl groups is 2. The summed E-state index contributed by atoms with van der Waals surface area (Å²) >= 11 is 0. The van der Waals surface area contributed by atoms with Gasteiger partial charge in [-0.2, -0.15) is 0 Å². The highest BCUT2D eigenvalue weighted by Crippen LogP contribution is 2.30. The van der Waals surface area contributed by atoms with Crippen LogP contribution in [0.15, 0.2) is 30.6 Å². The van der Waals surface area contributed by atoms with Crippen molar-refractivity contribution in [1.29, 1.82) is 0 Å². The fourth-order valence-corrected chi connectivity index (χ4v) is 4.37. The molecule has 0 unspecified atom stereocenters. The second-order valence-corrected chi connectivity index (χ2v) is 8.43. The maximum absolute atomic E-state index is 11.5. The summed E-state index contributed by atoms with van der Waals surface area (Å²) in [6.07, 6.45) is 5.29. The number of piperidine rings is 1. The molecule has 2 saturated heterocycles. The normalized spacial score (nSPS) is 24.2. The highest BCUT2D eigenvalue weighted by atomic mass is 16.3. The number of nitrogens with one attached hydrogen (secondary N) is 1. The van der Waals surface area contributed by atoms with Crippen molar-refractivity contribution >= 4 is 22.6 Å². The Hall–Kier alpha value is -2.29. The Kier molecular flexibility index (Phi) is 5.42. The standard InChI is InChI=1S/C21H29N5O3/c1-16(27)25-10-5-20(28,6-11-25)13-22-14-21(29)7-12-26(15-21)18-4-9-23-17-3-2-8-24-19(17)18/h2-4,8-9,22,28-29H,5-7,10-15H2,1H3/t21-/m0/s1. The summed E-state index contributed by atoms with van der Waals surface area (Å²) in [7, 11) is 0. The summed E-state index contributed by atoms with van der Waals surface area (Å²) in [5, 5.41) is 25.1. The van der Waals surface area contributed by atoms with Crippen molar-refractivity contribution in [2.24, 2.45) is 0 Å². The number of β-amino-alcohol motifs (C(OH)–C–C–N with tert-alkyl or cyclic N) is 1. The zero-order chi connectivity index (χ0) is 20.5. The molecule has 4 heterocycles. The predicted octanol–water partition coefficient (Wildman–Crippen LogP) is 0.534. The Morgan fingerprint density at radius 2 is 1.79 bits per heavy atom. The van der Waals surface area contributed by atoms with Crippen LogP contribution in [0.3, 0.4) is 0 Å². The van der Waals surface area contributed by atoms with E-state index in [1.807, 2.05) is 18.2 Å². The van der Waals surface area contributed by atoms with Gasteiger partial charge in [-0.15, -0.1) is 0 Å². The van der Waals surface area contributed by atoms with E-state index in [2.05, 4.69) is 20.2 Å². The smallest absolute Gasteiger partial charge is 0.219 e. The molecule has 8 nitrogen and oxygen atoms in total. The average Bonchev–Trinajstić information content (AvgIpc) is 3.09. The van der Waals surface area contributed by atoms with Crippen molar-refractivity contribution in [2.75, 3.05) is 44.2 Å². The van der Waals surface area contributed by atoms with Crippen LogP contribution in [0.25, 0.3) is 11.0 Å². The van der Waals surface area contributed by atoms with Crippen LogP contribution in [0.2, 0.25) is 0 Å². The van der Waals surface area contributed by atoms with Gasteiger partial charge in [-0.3, -0.25) is 14.8 Å². The molecule has 0 aromatic carbocycles. The van der Waals surface area contributed by atoms with Gasteiger partial charge in [-0.1, -0.05) is 0 Å². The van der Waals surface area contributed by atoms with Crippen molar-refractivity contribution in [3.8, 4) is 0 Å². The fraction of sp³-hybridized carbons (Fsp3) is 0.571. The van der Waals surface area contributed by atoms with Crippen LogP contribution in [0.4, 0.5) is 5.69 Å². The molecule has 0 bridgehead atoms. The van der Waals surface area contributed by atoms with Crippen LogP contribution in [0, 0.1) is 0 Å². The first kappa shape index (κ1) is 20.0. The Bertz CT molecular complexity index is 878. The molecular formula is C21H29N5O3. The molecule has 0 radical (unpaired) electrons. The third kappa shape index (κ3) is 4.34. The molecule has 4 rings (SSSR count). The molecule has 2 aromatic rings. The van der Waals surface area contributed by atoms with E-state index < -0.39 is 11.2 Å². The number of rotatable bonds is 5. The first-order valence-corrected chi connectivity index (χ1v) is 10.2. The lowest BCUT2D eigenvalue weighted by molar-refractivity contribution is -0.132. The number of aromatic nitrogens is 2. The van der Waals surface area contributed by atoms with Gasteiger partial charge in [0.1, 0.15) is 5.52 Å². The topological polar surface area (TPSA) is 102 Å². The summed E-state index contributed by atoms with van der Waals surface area (Å²) in [6, 6.07) is 5.75. The van der Waals surface area contributed by atoms with Gasteiger partial charge >= 0.3 is 0 Å². The molecule has 2 fully saturated rings. The largest absolute Gasteiger partial charge is 0.388 e. The minimum absolute atomic E-state index is 0.0542. The highest BCUT2D eigenvalue weighted by molar-refractivity contribution is 5.87. The van der Waals surface area contributed by atoms with E-state index in [-0.39, 0.29) is 5.91 Å². The van der Waals surface area contributed by atoms with Crippen LogP contribution in [-0.4, -0.2) is 81.5 Å². The molecule has 0 aliphatic carbocycles. The van der Waals surface area contributed by atoms with Crippen molar-refractivity contribution in [2.45, 2.75) is 37.4 Å². The second-order valence-electron chi connectivity index (χ2n) is 8.43. The molecular weight excluding hydrogens is 370 g/mol. The fourth-order valence-electron chi connectivity index (χ4n) is 4.37. The molecule has 2 aliphatic rings. The average molecular weight is 399 g/mol. The second kappa shape index (κ2) is 7.85. The molecule has 29 heavy (non-hydrogen) atoms. The minimum atomic E-state index is -0.860. The molecule has 156 valence electrons. The van der Waals surface area contributed by atoms with Crippen molar-refractivity contribution in [3.05, 3.63) is 30.6 Å². The summed E-state index contributed by atoms with van der Waals surface area (Å²) in [5.74, 6) is 0.0542. The summed E-state index contributed by atoms with van der Waals surface area (Å²) in [4.78, 5) is 24.2. The highest BCUT2D eigenvalue weighted by Gasteiger charge is 2.38. The van der Waals surface area contributed by atoms with E-state index in [0.717, 1.165) is 23.3 Å². The Balaban J connectivity index is 1.33. The van der Waals surface area contributed by atoms with Gasteiger partial charge in [0.15, 0.2) is 0 Å². The monoisotopic (exact) mass is 399 g/mol. The number of pyridine rings is 2. The number of amides is 1. The zero-order valence-corrected chi connectivity index (χ0v) is 16.8. The van der Waals surface area contributed by atoms with Crippen LogP contribution < -0.4 is 10.2 Å². The van der Waals surface area contributed by atoms with Crippen molar-refractivity contribution < 1.29 is 15.0 Å². The number of hydrogen-bond acceptors (Lipinski definition) is 7. The third-order valence-electron chi connectivity index (χ3n) is 6.20. The van der Waals surface area contributed by atoms with Gasteiger partial charge in [0.2, 0.25) is 5.91 Å². The lowest BCUT2D eigenvalue weighted by Crippen LogP contribution is -2.53. The first-order chi connectivity index (χ1) is 13.9. The molecule has 0 saturated carbocycles. The van der Waals surface area contributed by atoms with Gasteiger partial charge in [-0.25, -0.2) is 0 Å². The summed E-state index contributed by atoms with van der Waals surface area (Å²) in [5.41, 5.74) is 0.991. The van der Waals surface area contributed by atoms with E-state index in [4.69, 9.17) is 0 Å². The number of likely N-dealkylation sites (tertiary alicyclic amines) is 1. The Morgan fingerprint density at radius 3 is 2.55 bits per heavy atom. The maximum atomic E-state index is 11.5. The first-order valence-electron chi connectivity index (χ1n) is 10.2. The van der Waals surface area contributed by atoms with Crippen LogP contribution >= 0.6 is 0 Å². The Labute approximate surface area is 170 Å². The van der Waals surface area contributed by atoms with Gasteiger partial charge in [0, 0.05) is 58.6 Å². The molecule has 2 aromatic heterocycles. The molecule has 0 spiro atoms. The van der Waals surface area contributed by atoms with Gasteiger partial charge in [-0.05, 0) is 37.5 Å². The van der Waals surface area contributed by atoms with Crippen LogP contribution in [0.1, 0.15) is 26.2 Å². The van der Waals surface area contributed by atoms with Gasteiger partial charge in [0.05, 0.1) is 22.4 Å². The van der Waals surface area contributed by atoms with Crippen molar-refractivity contribution in [1.82, 2.24) is 20.2 Å². The molecule has 1 atom stereocenters. The van der Waals surface area contributed by atoms with E-state index in [9.17, 15) is 15.0 Å². The summed E-state index contributed by atoms with van der Waals surface area (Å²) < 4.78 is 0. The SMILES string of the molecule is CC(=O)N1CCC(O)(CNC[C@@]2(O)CCN(c3ccnc4cccnc34)C2)CC1. The number of nitrogens with zero attached hydrogens (tertiary/aromatic N) is 4. The van der Waals surface area contributed by atoms with E-state index in [1.165, 1.54) is 0 Å². The van der Waals surface area contributed by atoms with Gasteiger partial charge in [0.25, 0.3) is 0 Å². The van der Waals surface area contributed by atoms with E-state index in [1.54, 1.807) is 24.2 Å². The Morgan fingerprint density at radius 1 is 1.07 bits per heavy atom. The maximum Gasteiger partial charge on any atom is 0.219 e. The molecule has 1 amide bonds. The third-order valence-corrected chi connectivity index (χ3v) is 6.20. The summed E-state index contributed by atoms with van der Waals surface area (Å²) in [6.45, 7) is 4.80. The quantitative estimate of drug-likeness (QED) is 0.674. The van der Waals surface area contributed by atoms with Crippen molar-refractivity contribution in [3.63, 3.8) is 0 Å². The molecule has 2 aliphatic heterocycles. The number of carbonyl (C=O) groups is 1. The van der Waals surface area contributed by atoms with Crippen LogP contribution in [-0.2, 0) is 4.79 Å². The number of fused-ring (bicyclic) bond motifs is 1. The van der Waals surface area contributed by atoms with Crippen LogP contribution in [0.5, 0.6) is 0 Å². The number of hydrogen-bond donors (Lipinski definition) is 3. The number of anilines is 1. The lowest BCUT2D eigenvalue weighted by atomic mass is 9.91. The lowest BCUT2D eigenvalue weighted by Gasteiger charge is -2.38. The molecule has 8 heteroatoms. The van der Waals surface area contributed by atoms with E-state index >= 15 is 0 Å². The van der Waals surface area contributed by atoms with E-state index in [0.29, 0.717) is 52.0 Å². The van der Waals surface area contributed by atoms with Gasteiger partial charge < -0.3 is 25.3 Å². The zero-order valence-electron chi connectivity index (χ0n) is 16.8. The predicted molar refractivity (Wildman–Crippen MR) is 111 cm³/mol. The number of carbonyl (C=O) groups excluding carboxylic acids is 1. The molecule has 3 N–H and O–H groups in total.